The molecule has 1 aliphatic heterocycles. The summed E-state index contributed by atoms with van der Waals surface area (Å²) in [5.74, 6) is -6.76. The Morgan fingerprint density at radius 2 is 1.46 bits per heavy atom. The van der Waals surface area contributed by atoms with Crippen molar-refractivity contribution in [1.82, 2.24) is 10.6 Å². The van der Waals surface area contributed by atoms with E-state index in [0.717, 1.165) is 12.5 Å². The van der Waals surface area contributed by atoms with Gasteiger partial charge in [-0.05, 0) is 55.8 Å². The van der Waals surface area contributed by atoms with E-state index in [2.05, 4.69) is 10.6 Å². The average Bonchev–Trinajstić information content (AvgIpc) is 3.23. The number of methoxy groups -OCH3 is 1. The number of hydrogen-bond acceptors (Lipinski definition) is 11. The van der Waals surface area contributed by atoms with Crippen LogP contribution in [0.4, 0.5) is 13.2 Å². The number of aromatic hydroxyl groups is 4. The minimum atomic E-state index is -5.08. The van der Waals surface area contributed by atoms with E-state index in [1.807, 2.05) is 0 Å². The van der Waals surface area contributed by atoms with Gasteiger partial charge in [0.05, 0.1) is 18.7 Å². The van der Waals surface area contributed by atoms with Gasteiger partial charge in [0.2, 0.25) is 5.78 Å². The van der Waals surface area contributed by atoms with Crippen LogP contribution < -0.4 is 15.4 Å². The smallest absolute Gasteiger partial charge is 0.490 e. The van der Waals surface area contributed by atoms with E-state index < -0.39 is 58.9 Å². The minimum Gasteiger partial charge on any atom is -0.508 e. The molecule has 2 unspecified atom stereocenters. The van der Waals surface area contributed by atoms with Crippen LogP contribution in [-0.4, -0.2) is 87.7 Å². The molecule has 0 aromatic heterocycles. The number of phenols is 4. The highest BCUT2D eigenvalue weighted by Gasteiger charge is 2.38. The first-order valence-corrected chi connectivity index (χ1v) is 13.4. The van der Waals surface area contributed by atoms with Gasteiger partial charge in [0, 0.05) is 23.7 Å². The summed E-state index contributed by atoms with van der Waals surface area (Å²) in [7, 11) is 1.20. The normalized spacial score (nSPS) is 16.2. The summed E-state index contributed by atoms with van der Waals surface area (Å²) in [6.45, 7) is 1.08. The van der Waals surface area contributed by atoms with Crippen molar-refractivity contribution >= 4 is 23.6 Å². The first kappa shape index (κ1) is 35.0. The highest BCUT2D eigenvalue weighted by Crippen LogP contribution is 2.43. The molecule has 16 heteroatoms. The molecule has 1 amide bonds. The Morgan fingerprint density at radius 1 is 0.891 bits per heavy atom. The molecule has 3 aromatic rings. The molecule has 46 heavy (non-hydrogen) atoms. The maximum Gasteiger partial charge on any atom is 0.490 e. The van der Waals surface area contributed by atoms with E-state index in [4.69, 9.17) is 19.4 Å². The van der Waals surface area contributed by atoms with Crippen molar-refractivity contribution in [3.63, 3.8) is 0 Å². The van der Waals surface area contributed by atoms with Gasteiger partial charge >= 0.3 is 18.1 Å². The van der Waals surface area contributed by atoms with Gasteiger partial charge in [-0.3, -0.25) is 9.59 Å². The Hall–Kier alpha value is -5.51. The topological polar surface area (TPSA) is 212 Å². The number of carbonyl (C=O) groups is 4. The van der Waals surface area contributed by atoms with Crippen LogP contribution in [0.3, 0.4) is 0 Å². The zero-order valence-electron chi connectivity index (χ0n) is 24.0. The lowest BCUT2D eigenvalue weighted by Gasteiger charge is -2.26. The molecule has 246 valence electrons. The SMILES string of the molecule is COc1c(O)cc(O)c(O)c1C(=O)c1ccc(C(=O)OC2CCCNCC2NC(=O)c2ccc(O)cc2)cc1.O=C(O)C(F)(F)F. The average molecular weight is 651 g/mol. The molecular formula is C30H29F3N2O11. The van der Waals surface area contributed by atoms with Crippen LogP contribution in [0.5, 0.6) is 28.7 Å². The van der Waals surface area contributed by atoms with E-state index in [1.165, 1.54) is 55.6 Å². The Balaban J connectivity index is 0.000000738. The van der Waals surface area contributed by atoms with Crippen molar-refractivity contribution in [3.8, 4) is 28.7 Å². The third-order valence-electron chi connectivity index (χ3n) is 6.63. The Labute approximate surface area is 258 Å². The first-order chi connectivity index (χ1) is 21.6. The van der Waals surface area contributed by atoms with Crippen molar-refractivity contribution < 1.29 is 67.4 Å². The lowest BCUT2D eigenvalue weighted by Crippen LogP contribution is -2.49. The second kappa shape index (κ2) is 15.0. The number of rotatable bonds is 7. The molecule has 4 rings (SSSR count). The van der Waals surface area contributed by atoms with E-state index in [-0.39, 0.29) is 28.5 Å². The summed E-state index contributed by atoms with van der Waals surface area (Å²) < 4.78 is 42.5. The van der Waals surface area contributed by atoms with Crippen LogP contribution >= 0.6 is 0 Å². The minimum absolute atomic E-state index is 0.0400. The molecule has 1 aliphatic rings. The third kappa shape index (κ3) is 8.78. The number of benzene rings is 3. The van der Waals surface area contributed by atoms with Crippen molar-refractivity contribution in [1.29, 1.82) is 0 Å². The van der Waals surface area contributed by atoms with Crippen molar-refractivity contribution in [3.05, 3.63) is 76.9 Å². The van der Waals surface area contributed by atoms with Gasteiger partial charge in [0.15, 0.2) is 23.0 Å². The van der Waals surface area contributed by atoms with E-state index >= 15 is 0 Å². The molecule has 3 aromatic carbocycles. The highest BCUT2D eigenvalue weighted by molar-refractivity contribution is 6.13. The number of nitrogens with one attached hydrogen (secondary N) is 2. The largest absolute Gasteiger partial charge is 0.508 e. The molecule has 7 N–H and O–H groups in total. The number of aliphatic carboxylic acids is 1. The number of halogens is 3. The second-order valence-electron chi connectivity index (χ2n) is 9.80. The van der Waals surface area contributed by atoms with Crippen LogP contribution in [0, 0.1) is 0 Å². The number of hydrogen-bond donors (Lipinski definition) is 7. The fourth-order valence-corrected chi connectivity index (χ4v) is 4.32. The number of ketones is 1. The van der Waals surface area contributed by atoms with Gasteiger partial charge in [-0.25, -0.2) is 9.59 Å². The molecule has 0 spiro atoms. The second-order valence-corrected chi connectivity index (χ2v) is 9.80. The Kier molecular flexibility index (Phi) is 11.4. The van der Waals surface area contributed by atoms with Gasteiger partial charge in [-0.2, -0.15) is 13.2 Å². The lowest BCUT2D eigenvalue weighted by atomic mass is 9.99. The number of phenolic OH excluding ortho intramolecular Hbond substituents is 4. The molecule has 0 bridgehead atoms. The van der Waals surface area contributed by atoms with Gasteiger partial charge in [0.25, 0.3) is 5.91 Å². The summed E-state index contributed by atoms with van der Waals surface area (Å²) >= 11 is 0. The summed E-state index contributed by atoms with van der Waals surface area (Å²) in [4.78, 5) is 47.6. The molecule has 0 radical (unpaired) electrons. The fourth-order valence-electron chi connectivity index (χ4n) is 4.32. The van der Waals surface area contributed by atoms with E-state index in [9.17, 15) is 48.0 Å². The van der Waals surface area contributed by atoms with Crippen LogP contribution in [0.25, 0.3) is 0 Å². The zero-order valence-corrected chi connectivity index (χ0v) is 24.0. The number of carboxylic acids is 1. The number of esters is 1. The maximum atomic E-state index is 13.0. The third-order valence-corrected chi connectivity index (χ3v) is 6.63. The molecule has 1 fully saturated rings. The molecule has 0 saturated carbocycles. The van der Waals surface area contributed by atoms with Crippen LogP contribution in [-0.2, 0) is 9.53 Å². The van der Waals surface area contributed by atoms with Gasteiger partial charge in [0.1, 0.15) is 17.4 Å². The standard InChI is InChI=1S/C28H28N2O9.C2HF3O2/c1-38-26-21(33)13-20(32)25(35)23(26)24(34)15-4-6-17(7-5-15)28(37)39-22-3-2-12-29-14-19(22)30-27(36)16-8-10-18(31)11-9-16;3-2(4,5)1(6)7/h4-11,13,19,22,29,31-33,35H,2-3,12,14H2,1H3,(H,30,36);(H,6,7). The molecule has 1 saturated heterocycles. The number of amides is 1. The number of carboxylic acid groups (broad SMARTS) is 1. The Morgan fingerprint density at radius 3 is 2.02 bits per heavy atom. The van der Waals surface area contributed by atoms with Gasteiger partial charge < -0.3 is 45.6 Å². The molecule has 0 aliphatic carbocycles. The molecule has 1 heterocycles. The van der Waals surface area contributed by atoms with Crippen molar-refractivity contribution in [2.45, 2.75) is 31.2 Å². The van der Waals surface area contributed by atoms with Crippen LogP contribution in [0.15, 0.2) is 54.6 Å². The predicted octanol–water partition coefficient (Wildman–Crippen LogP) is 3.09. The lowest BCUT2D eigenvalue weighted by molar-refractivity contribution is -0.192. The van der Waals surface area contributed by atoms with E-state index in [0.29, 0.717) is 25.1 Å². The summed E-state index contributed by atoms with van der Waals surface area (Å²) in [5.41, 5.74) is 0.138. The van der Waals surface area contributed by atoms with E-state index in [1.54, 1.807) is 0 Å². The molecular weight excluding hydrogens is 621 g/mol. The number of alkyl halides is 3. The summed E-state index contributed by atoms with van der Waals surface area (Å²) in [5, 5.41) is 52.7. The Bertz CT molecular complexity index is 1580. The van der Waals surface area contributed by atoms with Crippen LogP contribution in [0.2, 0.25) is 0 Å². The van der Waals surface area contributed by atoms with Gasteiger partial charge in [-0.1, -0.05) is 12.1 Å². The zero-order chi connectivity index (χ0) is 34.2. The quantitative estimate of drug-likeness (QED) is 0.0851. The molecule has 2 atom stereocenters. The molecule has 13 nitrogen and oxygen atoms in total. The summed E-state index contributed by atoms with van der Waals surface area (Å²) in [6, 6.07) is 11.6. The monoisotopic (exact) mass is 650 g/mol. The predicted molar refractivity (Wildman–Crippen MR) is 152 cm³/mol. The van der Waals surface area contributed by atoms with Crippen molar-refractivity contribution in [2.24, 2.45) is 0 Å². The summed E-state index contributed by atoms with van der Waals surface area (Å²) in [6.07, 6.45) is -4.47. The fraction of sp³-hybridized carbons (Fsp3) is 0.267. The van der Waals surface area contributed by atoms with Gasteiger partial charge in [-0.15, -0.1) is 0 Å². The maximum absolute atomic E-state index is 13.0. The number of ether oxygens (including phenoxy) is 2. The number of carbonyl (C=O) groups excluding carboxylic acids is 3. The first-order valence-electron chi connectivity index (χ1n) is 13.4. The van der Waals surface area contributed by atoms with Crippen LogP contribution in [0.1, 0.15) is 49.5 Å². The highest BCUT2D eigenvalue weighted by atomic mass is 19.4. The van der Waals surface area contributed by atoms with Crippen molar-refractivity contribution in [2.75, 3.05) is 20.2 Å².